The van der Waals surface area contributed by atoms with Gasteiger partial charge in [0.05, 0.1) is 25.5 Å². The number of thiazole rings is 1. The summed E-state index contributed by atoms with van der Waals surface area (Å²) in [6.45, 7) is 3.36. The van der Waals surface area contributed by atoms with Crippen LogP contribution in [0.3, 0.4) is 0 Å². The molecule has 0 bridgehead atoms. The third-order valence-corrected chi connectivity index (χ3v) is 5.76. The second kappa shape index (κ2) is 8.62. The molecule has 1 aromatic rings. The van der Waals surface area contributed by atoms with Gasteiger partial charge in [0, 0.05) is 25.5 Å². The van der Waals surface area contributed by atoms with E-state index in [4.69, 9.17) is 9.72 Å². The summed E-state index contributed by atoms with van der Waals surface area (Å²) in [4.78, 5) is 12.9. The van der Waals surface area contributed by atoms with Crippen molar-refractivity contribution in [3.8, 4) is 0 Å². The summed E-state index contributed by atoms with van der Waals surface area (Å²) >= 11 is 1.88. The number of nitrogens with zero attached hydrogens (tertiary/aromatic N) is 3. The van der Waals surface area contributed by atoms with Gasteiger partial charge in [-0.1, -0.05) is 11.6 Å². The normalized spacial score (nSPS) is 18.1. The first-order valence-electron chi connectivity index (χ1n) is 8.91. The van der Waals surface area contributed by atoms with Crippen molar-refractivity contribution in [3.05, 3.63) is 27.2 Å². The number of aromatic nitrogens is 1. The van der Waals surface area contributed by atoms with Crippen molar-refractivity contribution >= 4 is 17.3 Å². The Morgan fingerprint density at radius 1 is 1.38 bits per heavy atom. The Hall–Kier alpha value is -1.40. The van der Waals surface area contributed by atoms with E-state index in [9.17, 15) is 0 Å². The number of aryl methyl sites for hydroxylation is 2. The molecule has 132 valence electrons. The molecule has 0 saturated heterocycles. The van der Waals surface area contributed by atoms with E-state index in [1.807, 2.05) is 18.4 Å². The molecule has 24 heavy (non-hydrogen) atoms. The molecule has 1 N–H and O–H groups in total. The molecule has 0 aromatic carbocycles. The molecule has 3 rings (SSSR count). The van der Waals surface area contributed by atoms with Gasteiger partial charge in [-0.05, 0) is 38.5 Å². The first kappa shape index (κ1) is 17.4. The van der Waals surface area contributed by atoms with Crippen LogP contribution in [0.5, 0.6) is 0 Å². The van der Waals surface area contributed by atoms with Crippen LogP contribution < -0.4 is 5.32 Å². The summed E-state index contributed by atoms with van der Waals surface area (Å²) in [6, 6.07) is 0. The number of rotatable bonds is 5. The fourth-order valence-electron chi connectivity index (χ4n) is 3.26. The second-order valence-electron chi connectivity index (χ2n) is 6.45. The molecule has 0 unspecified atom stereocenters. The quantitative estimate of drug-likeness (QED) is 0.505. The zero-order chi connectivity index (χ0) is 16.8. The third kappa shape index (κ3) is 4.57. The van der Waals surface area contributed by atoms with Crippen LogP contribution in [0.1, 0.15) is 41.3 Å². The molecule has 0 amide bonds. The Morgan fingerprint density at radius 2 is 2.25 bits per heavy atom. The van der Waals surface area contributed by atoms with Crippen molar-refractivity contribution in [3.63, 3.8) is 0 Å². The fraction of sp³-hybridized carbons (Fsp3) is 0.667. The van der Waals surface area contributed by atoms with E-state index >= 15 is 0 Å². The van der Waals surface area contributed by atoms with Crippen molar-refractivity contribution in [2.45, 2.75) is 45.1 Å². The van der Waals surface area contributed by atoms with Crippen molar-refractivity contribution in [2.24, 2.45) is 4.99 Å². The maximum atomic E-state index is 5.35. The number of fused-ring (bicyclic) bond motifs is 1. The smallest absolute Gasteiger partial charge is 0.193 e. The van der Waals surface area contributed by atoms with Crippen LogP contribution in [0.4, 0.5) is 0 Å². The Labute approximate surface area is 148 Å². The number of nitrogens with one attached hydrogen (secondary N) is 1. The van der Waals surface area contributed by atoms with Gasteiger partial charge >= 0.3 is 0 Å². The molecule has 1 aliphatic heterocycles. The highest BCUT2D eigenvalue weighted by molar-refractivity contribution is 7.11. The zero-order valence-electron chi connectivity index (χ0n) is 14.8. The molecule has 0 spiro atoms. The molecule has 0 radical (unpaired) electrons. The summed E-state index contributed by atoms with van der Waals surface area (Å²) < 4.78 is 5.35. The molecular formula is C18H28N4OS. The topological polar surface area (TPSA) is 49.8 Å². The number of aliphatic imine (C=N–C) groups is 1. The highest BCUT2D eigenvalue weighted by Crippen LogP contribution is 2.27. The average molecular weight is 349 g/mol. The van der Waals surface area contributed by atoms with Crippen LogP contribution in [0.15, 0.2) is 16.6 Å². The maximum absolute atomic E-state index is 5.35. The lowest BCUT2D eigenvalue weighted by molar-refractivity contribution is 0.153. The lowest BCUT2D eigenvalue weighted by Crippen LogP contribution is -2.39. The van der Waals surface area contributed by atoms with Gasteiger partial charge in [0.15, 0.2) is 5.96 Å². The van der Waals surface area contributed by atoms with Crippen molar-refractivity contribution in [1.29, 1.82) is 0 Å². The largest absolute Gasteiger partial charge is 0.377 e. The van der Waals surface area contributed by atoms with Gasteiger partial charge in [-0.25, -0.2) is 4.98 Å². The van der Waals surface area contributed by atoms with Gasteiger partial charge in [-0.2, -0.15) is 0 Å². The summed E-state index contributed by atoms with van der Waals surface area (Å²) in [7, 11) is 3.93. The standard InChI is InChI=1S/C18H28N4OS/c1-19-18(20-10-7-14-8-11-23-12-9-14)22(2)13-17-21-15-5-3-4-6-16(15)24-17/h8H,3-7,9-13H2,1-2H3,(H,19,20). The molecule has 2 aliphatic rings. The minimum Gasteiger partial charge on any atom is -0.377 e. The molecule has 1 aliphatic carbocycles. The Bertz CT molecular complexity index is 585. The molecule has 2 heterocycles. The predicted molar refractivity (Wildman–Crippen MR) is 99.7 cm³/mol. The van der Waals surface area contributed by atoms with Crippen molar-refractivity contribution in [1.82, 2.24) is 15.2 Å². The summed E-state index contributed by atoms with van der Waals surface area (Å²) in [5, 5.41) is 4.68. The molecule has 1 aromatic heterocycles. The third-order valence-electron chi connectivity index (χ3n) is 4.62. The fourth-order valence-corrected chi connectivity index (χ4v) is 4.47. The van der Waals surface area contributed by atoms with Gasteiger partial charge < -0.3 is 15.0 Å². The number of guanidine groups is 1. The van der Waals surface area contributed by atoms with Gasteiger partial charge in [-0.3, -0.25) is 4.99 Å². The zero-order valence-corrected chi connectivity index (χ0v) is 15.6. The highest BCUT2D eigenvalue weighted by Gasteiger charge is 2.17. The first-order valence-corrected chi connectivity index (χ1v) is 9.73. The van der Waals surface area contributed by atoms with E-state index in [1.165, 1.54) is 40.4 Å². The van der Waals surface area contributed by atoms with Crippen LogP contribution >= 0.6 is 11.3 Å². The van der Waals surface area contributed by atoms with Crippen LogP contribution in [0.25, 0.3) is 0 Å². The minimum atomic E-state index is 0.763. The van der Waals surface area contributed by atoms with E-state index in [0.717, 1.165) is 51.5 Å². The van der Waals surface area contributed by atoms with Gasteiger partial charge in [-0.15, -0.1) is 11.3 Å². The van der Waals surface area contributed by atoms with Gasteiger partial charge in [0.25, 0.3) is 0 Å². The van der Waals surface area contributed by atoms with Gasteiger partial charge in [0.1, 0.15) is 5.01 Å². The van der Waals surface area contributed by atoms with E-state index in [2.05, 4.69) is 28.3 Å². The van der Waals surface area contributed by atoms with Crippen molar-refractivity contribution in [2.75, 3.05) is 33.9 Å². The lowest BCUT2D eigenvalue weighted by atomic mass is 10.0. The molecule has 5 nitrogen and oxygen atoms in total. The first-order chi connectivity index (χ1) is 11.8. The molecule has 0 atom stereocenters. The van der Waals surface area contributed by atoms with E-state index < -0.39 is 0 Å². The van der Waals surface area contributed by atoms with Crippen LogP contribution in [-0.4, -0.2) is 49.7 Å². The van der Waals surface area contributed by atoms with Crippen LogP contribution in [0, 0.1) is 0 Å². The highest BCUT2D eigenvalue weighted by atomic mass is 32.1. The Balaban J connectivity index is 1.49. The van der Waals surface area contributed by atoms with Crippen molar-refractivity contribution < 1.29 is 4.74 Å². The predicted octanol–water partition coefficient (Wildman–Crippen LogP) is 2.77. The summed E-state index contributed by atoms with van der Waals surface area (Å²) in [5.74, 6) is 0.941. The SMILES string of the molecule is CN=C(NCCC1=CCOCC1)N(C)Cc1nc2c(s1)CCCC2. The Morgan fingerprint density at radius 3 is 3.00 bits per heavy atom. The van der Waals surface area contributed by atoms with Gasteiger partial charge in [0.2, 0.25) is 0 Å². The average Bonchev–Trinajstić information content (AvgIpc) is 3.01. The van der Waals surface area contributed by atoms with E-state index in [0.29, 0.717) is 0 Å². The van der Waals surface area contributed by atoms with Crippen LogP contribution in [-0.2, 0) is 24.1 Å². The number of ether oxygens (including phenoxy) is 1. The van der Waals surface area contributed by atoms with Crippen LogP contribution in [0.2, 0.25) is 0 Å². The number of hydrogen-bond donors (Lipinski definition) is 1. The minimum absolute atomic E-state index is 0.763. The second-order valence-corrected chi connectivity index (χ2v) is 7.62. The molecular weight excluding hydrogens is 320 g/mol. The summed E-state index contributed by atoms with van der Waals surface area (Å²) in [5.41, 5.74) is 2.82. The monoisotopic (exact) mass is 348 g/mol. The maximum Gasteiger partial charge on any atom is 0.193 e. The van der Waals surface area contributed by atoms with E-state index in [1.54, 1.807) is 0 Å². The lowest BCUT2D eigenvalue weighted by Gasteiger charge is -2.21. The molecule has 6 heteroatoms. The molecule has 0 saturated carbocycles. The molecule has 0 fully saturated rings. The Kier molecular flexibility index (Phi) is 6.26. The number of hydrogen-bond acceptors (Lipinski definition) is 4. The summed E-state index contributed by atoms with van der Waals surface area (Å²) in [6.07, 6.45) is 9.29. The van der Waals surface area contributed by atoms with E-state index in [-0.39, 0.29) is 0 Å².